The van der Waals surface area contributed by atoms with Crippen molar-refractivity contribution in [1.82, 2.24) is 4.31 Å². The lowest BCUT2D eigenvalue weighted by atomic mass is 10.0. The van der Waals surface area contributed by atoms with Gasteiger partial charge in [0, 0.05) is 23.7 Å². The number of methoxy groups -OCH3 is 1. The number of sulfonamides is 1. The lowest BCUT2D eigenvalue weighted by Gasteiger charge is -2.29. The van der Waals surface area contributed by atoms with E-state index in [9.17, 15) is 13.2 Å². The minimum absolute atomic E-state index is 0.126. The molecule has 1 aliphatic heterocycles. The maximum atomic E-state index is 13.0. The van der Waals surface area contributed by atoms with Crippen LogP contribution in [0, 0.1) is 12.8 Å². The van der Waals surface area contributed by atoms with Gasteiger partial charge in [-0.25, -0.2) is 8.42 Å². The van der Waals surface area contributed by atoms with E-state index in [0.717, 1.165) is 12.8 Å². The summed E-state index contributed by atoms with van der Waals surface area (Å²) in [5.41, 5.74) is 1.39. The first-order chi connectivity index (χ1) is 13.7. The topological polar surface area (TPSA) is 75.7 Å². The van der Waals surface area contributed by atoms with E-state index < -0.39 is 15.9 Å². The molecule has 1 saturated heterocycles. The average Bonchev–Trinajstić information content (AvgIpc) is 2.68. The van der Waals surface area contributed by atoms with E-state index in [4.69, 9.17) is 16.3 Å². The minimum atomic E-state index is -3.64. The molecule has 0 spiro atoms. The number of carbonyl (C=O) groups excluding carboxylic acids is 1. The molecule has 1 amide bonds. The number of rotatable bonds is 5. The van der Waals surface area contributed by atoms with Gasteiger partial charge in [-0.2, -0.15) is 4.31 Å². The molecule has 0 saturated carbocycles. The fourth-order valence-corrected chi connectivity index (χ4v) is 5.02. The van der Waals surface area contributed by atoms with Crippen LogP contribution in [-0.4, -0.2) is 38.8 Å². The molecule has 0 bridgehead atoms. The van der Waals surface area contributed by atoms with Crippen molar-refractivity contribution in [2.24, 2.45) is 5.92 Å². The van der Waals surface area contributed by atoms with Crippen LogP contribution >= 0.6 is 11.6 Å². The normalized spacial score (nSPS) is 15.9. The standard InChI is InChI=1S/C21H25ClN2O4S/c1-14-8-10-24(11-9-14)29(26,27)17-6-4-15(2)18(13-17)21(25)23-19-12-16(22)5-7-20(19)28-3/h4-7,12-14H,8-11H2,1-3H3,(H,23,25). The third-order valence-electron chi connectivity index (χ3n) is 5.24. The number of hydrogen-bond acceptors (Lipinski definition) is 4. The lowest BCUT2D eigenvalue weighted by Crippen LogP contribution is -2.38. The van der Waals surface area contributed by atoms with Gasteiger partial charge in [0.2, 0.25) is 10.0 Å². The summed E-state index contributed by atoms with van der Waals surface area (Å²) >= 11 is 6.02. The molecular weight excluding hydrogens is 412 g/mol. The second kappa shape index (κ2) is 8.73. The summed E-state index contributed by atoms with van der Waals surface area (Å²) in [6.07, 6.45) is 1.68. The van der Waals surface area contributed by atoms with Gasteiger partial charge in [0.05, 0.1) is 17.7 Å². The maximum absolute atomic E-state index is 13.0. The second-order valence-electron chi connectivity index (χ2n) is 7.36. The summed E-state index contributed by atoms with van der Waals surface area (Å²) in [5.74, 6) is 0.562. The first-order valence-corrected chi connectivity index (χ1v) is 11.3. The summed E-state index contributed by atoms with van der Waals surface area (Å²) in [4.78, 5) is 13.0. The van der Waals surface area contributed by atoms with Crippen molar-refractivity contribution in [1.29, 1.82) is 0 Å². The number of nitrogens with zero attached hydrogens (tertiary/aromatic N) is 1. The van der Waals surface area contributed by atoms with Gasteiger partial charge in [-0.05, 0) is 61.6 Å². The summed E-state index contributed by atoms with van der Waals surface area (Å²) < 4.78 is 32.8. The molecule has 156 valence electrons. The zero-order valence-corrected chi connectivity index (χ0v) is 18.3. The highest BCUT2D eigenvalue weighted by molar-refractivity contribution is 7.89. The maximum Gasteiger partial charge on any atom is 0.256 e. The Morgan fingerprint density at radius 2 is 1.86 bits per heavy atom. The van der Waals surface area contributed by atoms with Gasteiger partial charge < -0.3 is 10.1 Å². The number of amides is 1. The van der Waals surface area contributed by atoms with Crippen LogP contribution in [0.3, 0.4) is 0 Å². The molecule has 8 heteroatoms. The minimum Gasteiger partial charge on any atom is -0.495 e. The van der Waals surface area contributed by atoms with Crippen LogP contribution in [0.15, 0.2) is 41.3 Å². The van der Waals surface area contributed by atoms with Gasteiger partial charge in [-0.15, -0.1) is 0 Å². The quantitative estimate of drug-likeness (QED) is 0.756. The Morgan fingerprint density at radius 3 is 2.52 bits per heavy atom. The zero-order chi connectivity index (χ0) is 21.2. The number of carbonyl (C=O) groups is 1. The smallest absolute Gasteiger partial charge is 0.256 e. The van der Waals surface area contributed by atoms with E-state index in [1.807, 2.05) is 0 Å². The third-order valence-corrected chi connectivity index (χ3v) is 7.37. The van der Waals surface area contributed by atoms with Crippen LogP contribution in [0.1, 0.15) is 35.7 Å². The van der Waals surface area contributed by atoms with E-state index in [-0.39, 0.29) is 4.90 Å². The molecule has 1 aliphatic rings. The average molecular weight is 437 g/mol. The van der Waals surface area contributed by atoms with Crippen molar-refractivity contribution < 1.29 is 17.9 Å². The Kier molecular flexibility index (Phi) is 6.51. The number of nitrogens with one attached hydrogen (secondary N) is 1. The number of piperidine rings is 1. The van der Waals surface area contributed by atoms with Gasteiger partial charge in [-0.3, -0.25) is 4.79 Å². The largest absolute Gasteiger partial charge is 0.495 e. The van der Waals surface area contributed by atoms with Crippen molar-refractivity contribution in [2.75, 3.05) is 25.5 Å². The van der Waals surface area contributed by atoms with Gasteiger partial charge in [-0.1, -0.05) is 24.6 Å². The van der Waals surface area contributed by atoms with Crippen LogP contribution < -0.4 is 10.1 Å². The number of benzene rings is 2. The molecule has 0 aliphatic carbocycles. The molecule has 1 N–H and O–H groups in total. The number of ether oxygens (including phenoxy) is 1. The SMILES string of the molecule is COc1ccc(Cl)cc1NC(=O)c1cc(S(=O)(=O)N2CCC(C)CC2)ccc1C. The van der Waals surface area contributed by atoms with E-state index in [0.29, 0.717) is 46.6 Å². The number of aryl methyl sites for hydroxylation is 1. The van der Waals surface area contributed by atoms with Crippen molar-refractivity contribution in [3.05, 3.63) is 52.5 Å². The third kappa shape index (κ3) is 4.74. The van der Waals surface area contributed by atoms with E-state index in [1.54, 1.807) is 37.3 Å². The van der Waals surface area contributed by atoms with E-state index in [1.165, 1.54) is 17.5 Å². The van der Waals surface area contributed by atoms with Crippen molar-refractivity contribution in [3.8, 4) is 5.75 Å². The van der Waals surface area contributed by atoms with Gasteiger partial charge in [0.15, 0.2) is 0 Å². The summed E-state index contributed by atoms with van der Waals surface area (Å²) in [6, 6.07) is 9.55. The summed E-state index contributed by atoms with van der Waals surface area (Å²) in [7, 11) is -2.15. The first kappa shape index (κ1) is 21.6. The van der Waals surface area contributed by atoms with Crippen LogP contribution in [-0.2, 0) is 10.0 Å². The van der Waals surface area contributed by atoms with Gasteiger partial charge in [0.1, 0.15) is 5.75 Å². The molecule has 1 fully saturated rings. The predicted molar refractivity (Wildman–Crippen MR) is 114 cm³/mol. The first-order valence-electron chi connectivity index (χ1n) is 9.48. The monoisotopic (exact) mass is 436 g/mol. The van der Waals surface area contributed by atoms with Crippen LogP contribution in [0.4, 0.5) is 5.69 Å². The second-order valence-corrected chi connectivity index (χ2v) is 9.74. The summed E-state index contributed by atoms with van der Waals surface area (Å²) in [5, 5.41) is 3.22. The number of hydrogen-bond donors (Lipinski definition) is 1. The van der Waals surface area contributed by atoms with Gasteiger partial charge >= 0.3 is 0 Å². The molecule has 3 rings (SSSR count). The Labute approximate surface area is 176 Å². The van der Waals surface area contributed by atoms with E-state index >= 15 is 0 Å². The van der Waals surface area contributed by atoms with Crippen LogP contribution in [0.5, 0.6) is 5.75 Å². The molecule has 2 aromatic rings. The van der Waals surface area contributed by atoms with Crippen molar-refractivity contribution in [3.63, 3.8) is 0 Å². The highest BCUT2D eigenvalue weighted by Gasteiger charge is 2.29. The van der Waals surface area contributed by atoms with Gasteiger partial charge in [0.25, 0.3) is 5.91 Å². The lowest BCUT2D eigenvalue weighted by molar-refractivity contribution is 0.102. The molecule has 0 atom stereocenters. The predicted octanol–water partition coefficient (Wildman–Crippen LogP) is 4.33. The van der Waals surface area contributed by atoms with Crippen molar-refractivity contribution >= 4 is 33.2 Å². The molecule has 1 heterocycles. The fraction of sp³-hybridized carbons (Fsp3) is 0.381. The Bertz CT molecular complexity index is 1020. The molecule has 29 heavy (non-hydrogen) atoms. The molecular formula is C21H25ClN2O4S. The number of halogens is 1. The zero-order valence-electron chi connectivity index (χ0n) is 16.7. The highest BCUT2D eigenvalue weighted by Crippen LogP contribution is 2.29. The molecule has 0 unspecified atom stereocenters. The number of anilines is 1. The Morgan fingerprint density at radius 1 is 1.17 bits per heavy atom. The Balaban J connectivity index is 1.89. The van der Waals surface area contributed by atoms with Crippen molar-refractivity contribution in [2.45, 2.75) is 31.6 Å². The van der Waals surface area contributed by atoms with E-state index in [2.05, 4.69) is 12.2 Å². The molecule has 6 nitrogen and oxygen atoms in total. The fourth-order valence-electron chi connectivity index (χ4n) is 3.35. The molecule has 2 aromatic carbocycles. The Hall–Kier alpha value is -2.09. The molecule has 0 aromatic heterocycles. The van der Waals surface area contributed by atoms with Crippen LogP contribution in [0.2, 0.25) is 5.02 Å². The highest BCUT2D eigenvalue weighted by atomic mass is 35.5. The summed E-state index contributed by atoms with van der Waals surface area (Å²) in [6.45, 7) is 4.89. The van der Waals surface area contributed by atoms with Crippen LogP contribution in [0.25, 0.3) is 0 Å². The molecule has 0 radical (unpaired) electrons.